The van der Waals surface area contributed by atoms with Crippen LogP contribution < -0.4 is 21.7 Å². The van der Waals surface area contributed by atoms with Crippen molar-refractivity contribution in [1.29, 1.82) is 0 Å². The van der Waals surface area contributed by atoms with E-state index >= 15 is 0 Å². The topological polar surface area (TPSA) is 169 Å². The number of rotatable bonds is 11. The van der Waals surface area contributed by atoms with Crippen LogP contribution in [-0.4, -0.2) is 58.3 Å². The Balaban J connectivity index is 3.18. The molecular weight excluding hydrogens is 516 g/mol. The largest absolute Gasteiger partial charge is 0.506 e. The van der Waals surface area contributed by atoms with Crippen molar-refractivity contribution in [3.05, 3.63) is 23.8 Å². The minimum absolute atomic E-state index is 0.138. The van der Waals surface area contributed by atoms with Crippen molar-refractivity contribution < 1.29 is 33.8 Å². The summed E-state index contributed by atoms with van der Waals surface area (Å²) in [6, 6.07) is 2.47. The number of hydrogen-bond donors (Lipinski definition) is 5. The van der Waals surface area contributed by atoms with E-state index in [0.29, 0.717) is 5.56 Å². The quantitative estimate of drug-likeness (QED) is 0.200. The third kappa shape index (κ3) is 12.7. The Labute approximate surface area is 237 Å². The first-order valence-corrected chi connectivity index (χ1v) is 13.6. The normalized spacial score (nSPS) is 14.9. The summed E-state index contributed by atoms with van der Waals surface area (Å²) in [4.78, 5) is 50.3. The van der Waals surface area contributed by atoms with Gasteiger partial charge in [-0.1, -0.05) is 26.8 Å². The Morgan fingerprint density at radius 2 is 1.48 bits per heavy atom. The summed E-state index contributed by atoms with van der Waals surface area (Å²) < 4.78 is 10.9. The Hall–Kier alpha value is -3.34. The number of benzene rings is 1. The van der Waals surface area contributed by atoms with Crippen LogP contribution in [0.5, 0.6) is 5.75 Å². The summed E-state index contributed by atoms with van der Waals surface area (Å²) >= 11 is 0. The zero-order valence-corrected chi connectivity index (χ0v) is 25.5. The maximum absolute atomic E-state index is 13.0. The van der Waals surface area contributed by atoms with Gasteiger partial charge in [0.05, 0.1) is 17.6 Å². The average Bonchev–Trinajstić information content (AvgIpc) is 2.76. The monoisotopic (exact) mass is 564 g/mol. The molecule has 0 fully saturated rings. The molecule has 0 aliphatic heterocycles. The second-order valence-corrected chi connectivity index (χ2v) is 12.6. The number of alkyl carbamates (subject to hydrolysis) is 1. The van der Waals surface area contributed by atoms with E-state index in [1.165, 1.54) is 13.0 Å². The SMILES string of the molecule is CC(N)C(=O)NC(C(=O)Nc1cc(CC(CC(C)C(=O)OC(C)(C)C)NC(=O)OC(C)(C)C)ccc1O)C(C)C. The Kier molecular flexibility index (Phi) is 12.4. The molecule has 4 unspecified atom stereocenters. The third-order valence-corrected chi connectivity index (χ3v) is 5.63. The highest BCUT2D eigenvalue weighted by molar-refractivity contribution is 5.98. The molecule has 0 heterocycles. The van der Waals surface area contributed by atoms with E-state index in [1.807, 2.05) is 0 Å². The van der Waals surface area contributed by atoms with Crippen LogP contribution in [0.3, 0.4) is 0 Å². The fourth-order valence-electron chi connectivity index (χ4n) is 3.72. The fourth-order valence-corrected chi connectivity index (χ4v) is 3.72. The highest BCUT2D eigenvalue weighted by atomic mass is 16.6. The van der Waals surface area contributed by atoms with Crippen molar-refractivity contribution in [1.82, 2.24) is 10.6 Å². The van der Waals surface area contributed by atoms with Gasteiger partial charge in [0.25, 0.3) is 0 Å². The predicted molar refractivity (Wildman–Crippen MR) is 154 cm³/mol. The second-order valence-electron chi connectivity index (χ2n) is 12.6. The van der Waals surface area contributed by atoms with Crippen molar-refractivity contribution in [3.8, 4) is 5.75 Å². The van der Waals surface area contributed by atoms with Crippen LogP contribution in [0, 0.1) is 11.8 Å². The zero-order chi connectivity index (χ0) is 31.0. The number of nitrogens with one attached hydrogen (secondary N) is 3. The molecule has 40 heavy (non-hydrogen) atoms. The molecular formula is C29H48N4O7. The molecule has 6 N–H and O–H groups in total. The number of carbonyl (C=O) groups is 4. The maximum Gasteiger partial charge on any atom is 0.407 e. The molecule has 1 rings (SSSR count). The summed E-state index contributed by atoms with van der Waals surface area (Å²) in [6.07, 6.45) is -0.106. The van der Waals surface area contributed by atoms with E-state index in [-0.39, 0.29) is 30.2 Å². The third-order valence-electron chi connectivity index (χ3n) is 5.63. The smallest absolute Gasteiger partial charge is 0.407 e. The molecule has 0 aromatic heterocycles. The molecule has 0 bridgehead atoms. The number of anilines is 1. The molecule has 0 saturated heterocycles. The molecule has 11 heteroatoms. The number of phenolic OH excluding ortho intramolecular Hbond substituents is 1. The van der Waals surface area contributed by atoms with Gasteiger partial charge in [0, 0.05) is 6.04 Å². The van der Waals surface area contributed by atoms with E-state index in [2.05, 4.69) is 16.0 Å². The minimum atomic E-state index is -0.877. The van der Waals surface area contributed by atoms with Crippen LogP contribution in [0.1, 0.15) is 81.2 Å². The molecule has 1 aromatic rings. The lowest BCUT2D eigenvalue weighted by atomic mass is 9.95. The molecule has 1 aromatic carbocycles. The molecule has 0 aliphatic carbocycles. The first-order chi connectivity index (χ1) is 18.2. The number of ether oxygens (including phenoxy) is 2. The summed E-state index contributed by atoms with van der Waals surface area (Å²) in [5, 5.41) is 18.6. The van der Waals surface area contributed by atoms with Crippen molar-refractivity contribution in [2.75, 3.05) is 5.32 Å². The first-order valence-electron chi connectivity index (χ1n) is 13.6. The van der Waals surface area contributed by atoms with Crippen LogP contribution in [-0.2, 0) is 30.3 Å². The van der Waals surface area contributed by atoms with Crippen molar-refractivity contribution in [2.24, 2.45) is 17.6 Å². The lowest BCUT2D eigenvalue weighted by molar-refractivity contribution is -0.159. The lowest BCUT2D eigenvalue weighted by Crippen LogP contribution is -2.51. The van der Waals surface area contributed by atoms with Crippen molar-refractivity contribution in [2.45, 2.75) is 111 Å². The molecule has 4 atom stereocenters. The van der Waals surface area contributed by atoms with Gasteiger partial charge in [-0.05, 0) is 84.9 Å². The van der Waals surface area contributed by atoms with E-state index in [0.717, 1.165) is 0 Å². The predicted octanol–water partition coefficient (Wildman–Crippen LogP) is 3.62. The number of carbonyl (C=O) groups excluding carboxylic acids is 4. The van der Waals surface area contributed by atoms with Gasteiger partial charge >= 0.3 is 12.1 Å². The van der Waals surface area contributed by atoms with Gasteiger partial charge in [0.1, 0.15) is 23.0 Å². The summed E-state index contributed by atoms with van der Waals surface area (Å²) in [7, 11) is 0. The van der Waals surface area contributed by atoms with E-state index < -0.39 is 59.1 Å². The van der Waals surface area contributed by atoms with Gasteiger partial charge < -0.3 is 36.3 Å². The molecule has 226 valence electrons. The molecule has 0 spiro atoms. The number of hydrogen-bond acceptors (Lipinski definition) is 8. The Morgan fingerprint density at radius 3 is 1.98 bits per heavy atom. The van der Waals surface area contributed by atoms with Crippen LogP contribution in [0.25, 0.3) is 0 Å². The Morgan fingerprint density at radius 1 is 0.900 bits per heavy atom. The van der Waals surface area contributed by atoms with Crippen molar-refractivity contribution in [3.63, 3.8) is 0 Å². The molecule has 0 radical (unpaired) electrons. The number of aromatic hydroxyl groups is 1. The van der Waals surface area contributed by atoms with E-state index in [1.54, 1.807) is 74.4 Å². The van der Waals surface area contributed by atoms with Gasteiger partial charge in [0.15, 0.2) is 0 Å². The summed E-state index contributed by atoms with van der Waals surface area (Å²) in [5.41, 5.74) is 5.07. The number of phenols is 1. The highest BCUT2D eigenvalue weighted by Gasteiger charge is 2.28. The van der Waals surface area contributed by atoms with E-state index in [9.17, 15) is 24.3 Å². The highest BCUT2D eigenvalue weighted by Crippen LogP contribution is 2.27. The van der Waals surface area contributed by atoms with Crippen LogP contribution >= 0.6 is 0 Å². The molecule has 3 amide bonds. The summed E-state index contributed by atoms with van der Waals surface area (Å²) in [5.74, 6) is -2.33. The molecule has 0 saturated carbocycles. The molecule has 0 aliphatic rings. The lowest BCUT2D eigenvalue weighted by Gasteiger charge is -2.27. The number of amides is 3. The van der Waals surface area contributed by atoms with Gasteiger partial charge in [0.2, 0.25) is 11.8 Å². The van der Waals surface area contributed by atoms with Gasteiger partial charge in [-0.2, -0.15) is 0 Å². The maximum atomic E-state index is 13.0. The summed E-state index contributed by atoms with van der Waals surface area (Å²) in [6.45, 7) is 17.4. The standard InChI is InChI=1S/C29H48N4O7/c1-16(2)23(33-24(35)18(4)30)25(36)32-21-15-19(11-12-22(21)34)14-20(31-27(38)40-29(8,9)10)13-17(3)26(37)39-28(5,6)7/h11-12,15-18,20,23,34H,13-14,30H2,1-10H3,(H,31,38)(H,32,36)(H,33,35). The first kappa shape index (κ1) is 34.7. The van der Waals surface area contributed by atoms with Gasteiger partial charge in [-0.25, -0.2) is 4.79 Å². The van der Waals surface area contributed by atoms with Crippen LogP contribution in [0.15, 0.2) is 18.2 Å². The average molecular weight is 565 g/mol. The van der Waals surface area contributed by atoms with Crippen LogP contribution in [0.2, 0.25) is 0 Å². The van der Waals surface area contributed by atoms with Gasteiger partial charge in [-0.3, -0.25) is 14.4 Å². The second kappa shape index (κ2) is 14.3. The Bertz CT molecular complexity index is 1040. The fraction of sp³-hybridized carbons (Fsp3) is 0.655. The van der Waals surface area contributed by atoms with E-state index in [4.69, 9.17) is 15.2 Å². The molecule has 11 nitrogen and oxygen atoms in total. The van der Waals surface area contributed by atoms with Crippen molar-refractivity contribution >= 4 is 29.6 Å². The zero-order valence-electron chi connectivity index (χ0n) is 25.5. The van der Waals surface area contributed by atoms with Crippen LogP contribution in [0.4, 0.5) is 10.5 Å². The minimum Gasteiger partial charge on any atom is -0.506 e. The van der Waals surface area contributed by atoms with Gasteiger partial charge in [-0.15, -0.1) is 0 Å². The number of esters is 1. The number of nitrogens with two attached hydrogens (primary N) is 1.